The van der Waals surface area contributed by atoms with Crippen molar-refractivity contribution in [3.05, 3.63) is 161 Å². The van der Waals surface area contributed by atoms with Gasteiger partial charge in [0.2, 0.25) is 5.69 Å². The van der Waals surface area contributed by atoms with E-state index in [1.54, 1.807) is 47.0 Å². The van der Waals surface area contributed by atoms with Crippen LogP contribution in [0.2, 0.25) is 0 Å². The quantitative estimate of drug-likeness (QED) is 0.175. The summed E-state index contributed by atoms with van der Waals surface area (Å²) in [4.78, 5) is 11.2. The smallest absolute Gasteiger partial charge is 0.320 e. The van der Waals surface area contributed by atoms with Crippen LogP contribution in [0.4, 0.5) is 30.2 Å². The zero-order valence-corrected chi connectivity index (χ0v) is 25.8. The molecule has 2 aromatic heterocycles. The Balaban J connectivity index is 1.63. The van der Waals surface area contributed by atoms with E-state index in [-0.39, 0.29) is 28.2 Å². The Kier molecular flexibility index (Phi) is 6.69. The molecule has 6 aromatic carbocycles. The Morgan fingerprint density at radius 3 is 1.88 bits per heavy atom. The molecule has 0 unspecified atom stereocenters. The van der Waals surface area contributed by atoms with Crippen molar-refractivity contribution in [1.82, 2.24) is 9.13 Å². The molecule has 50 heavy (non-hydrogen) atoms. The summed E-state index contributed by atoms with van der Waals surface area (Å²) in [5, 5.41) is 13.0. The van der Waals surface area contributed by atoms with Gasteiger partial charge in [0, 0.05) is 32.6 Å². The number of benzene rings is 6. The number of nitriles is 1. The molecule has 8 aromatic rings. The van der Waals surface area contributed by atoms with Crippen molar-refractivity contribution < 1.29 is 13.2 Å². The lowest BCUT2D eigenvalue weighted by molar-refractivity contribution is -0.137. The van der Waals surface area contributed by atoms with Crippen LogP contribution in [0.15, 0.2) is 115 Å². The molecule has 8 rings (SSSR count). The van der Waals surface area contributed by atoms with Gasteiger partial charge in [0.05, 0.1) is 64.8 Å². The number of para-hydroxylation sites is 2. The van der Waals surface area contributed by atoms with Crippen LogP contribution in [0, 0.1) is 31.0 Å². The van der Waals surface area contributed by atoms with E-state index in [1.165, 1.54) is 18.2 Å². The van der Waals surface area contributed by atoms with Gasteiger partial charge in [0.15, 0.2) is 11.4 Å². The molecule has 6 nitrogen and oxygen atoms in total. The molecule has 0 atom stereocenters. The lowest BCUT2D eigenvalue weighted by atomic mass is 9.94. The average molecular weight is 653 g/mol. The first-order valence-electron chi connectivity index (χ1n) is 15.3. The van der Waals surface area contributed by atoms with Crippen LogP contribution in [0.1, 0.15) is 11.1 Å². The predicted octanol–water partition coefficient (Wildman–Crippen LogP) is 12.1. The van der Waals surface area contributed by atoms with Crippen LogP contribution >= 0.6 is 0 Å². The highest BCUT2D eigenvalue weighted by atomic mass is 19.4. The fourth-order valence-electron chi connectivity index (χ4n) is 7.01. The molecule has 0 bridgehead atoms. The Hall–Kier alpha value is -7.33. The van der Waals surface area contributed by atoms with E-state index in [4.69, 9.17) is 19.7 Å². The third-order valence-electron chi connectivity index (χ3n) is 9.03. The van der Waals surface area contributed by atoms with Crippen LogP contribution in [-0.2, 0) is 6.18 Å². The molecular weight excluding hydrogens is 633 g/mol. The first-order valence-corrected chi connectivity index (χ1v) is 15.3. The van der Waals surface area contributed by atoms with Crippen molar-refractivity contribution in [1.29, 1.82) is 5.26 Å². The molecule has 2 heterocycles. The van der Waals surface area contributed by atoms with E-state index in [0.29, 0.717) is 33.5 Å². The van der Waals surface area contributed by atoms with E-state index in [2.05, 4.69) is 20.6 Å². The summed E-state index contributed by atoms with van der Waals surface area (Å²) in [5.41, 5.74) is 2.21. The number of halogens is 3. The van der Waals surface area contributed by atoms with Crippen LogP contribution in [-0.4, -0.2) is 9.13 Å². The fraction of sp³-hybridized carbons (Fsp3) is 0.0244. The van der Waals surface area contributed by atoms with Crippen molar-refractivity contribution in [2.45, 2.75) is 6.18 Å². The van der Waals surface area contributed by atoms with Gasteiger partial charge in [-0.25, -0.2) is 14.5 Å². The lowest BCUT2D eigenvalue weighted by Crippen LogP contribution is -2.09. The van der Waals surface area contributed by atoms with Crippen LogP contribution < -0.4 is 0 Å². The van der Waals surface area contributed by atoms with E-state index in [9.17, 15) is 18.4 Å². The predicted molar refractivity (Wildman–Crippen MR) is 189 cm³/mol. The van der Waals surface area contributed by atoms with Gasteiger partial charge in [-0.3, -0.25) is 0 Å². The molecule has 0 spiro atoms. The van der Waals surface area contributed by atoms with Crippen molar-refractivity contribution in [2.75, 3.05) is 0 Å². The molecule has 0 aliphatic rings. The minimum Gasteiger partial charge on any atom is -0.320 e. The number of alkyl halides is 3. The summed E-state index contributed by atoms with van der Waals surface area (Å²) in [6.07, 6.45) is -4.82. The second kappa shape index (κ2) is 11.1. The third kappa shape index (κ3) is 4.32. The van der Waals surface area contributed by atoms with Crippen LogP contribution in [0.25, 0.3) is 80.6 Å². The summed E-state index contributed by atoms with van der Waals surface area (Å²) in [5.74, 6) is 0. The Bertz CT molecular complexity index is 2920. The van der Waals surface area contributed by atoms with Crippen molar-refractivity contribution in [3.8, 4) is 28.6 Å². The molecular formula is C41H19F3N6. The summed E-state index contributed by atoms with van der Waals surface area (Å²) >= 11 is 0. The van der Waals surface area contributed by atoms with Gasteiger partial charge in [0.1, 0.15) is 0 Å². The first kappa shape index (κ1) is 30.0. The summed E-state index contributed by atoms with van der Waals surface area (Å²) < 4.78 is 48.0. The number of hydrogen-bond acceptors (Lipinski definition) is 1. The highest BCUT2D eigenvalue weighted by Crippen LogP contribution is 2.50. The number of aromatic nitrogens is 2. The maximum absolute atomic E-state index is 14.8. The number of hydrogen-bond donors (Lipinski definition) is 0. The van der Waals surface area contributed by atoms with Crippen LogP contribution in [0.5, 0.6) is 0 Å². The average Bonchev–Trinajstić information content (AvgIpc) is 3.65. The van der Waals surface area contributed by atoms with E-state index in [0.717, 1.165) is 33.1 Å². The van der Waals surface area contributed by atoms with Crippen molar-refractivity contribution >= 4 is 60.7 Å². The van der Waals surface area contributed by atoms with Gasteiger partial charge in [0.25, 0.3) is 0 Å². The third-order valence-corrected chi connectivity index (χ3v) is 9.03. The lowest BCUT2D eigenvalue weighted by Gasteiger charge is -2.23. The molecule has 0 saturated heterocycles. The normalized spacial score (nSPS) is 11.4. The maximum Gasteiger partial charge on any atom is 0.415 e. The van der Waals surface area contributed by atoms with E-state index < -0.39 is 11.7 Å². The van der Waals surface area contributed by atoms with Gasteiger partial charge in [-0.1, -0.05) is 78.9 Å². The molecule has 0 radical (unpaired) electrons. The monoisotopic (exact) mass is 652 g/mol. The van der Waals surface area contributed by atoms with E-state index in [1.807, 2.05) is 53.1 Å². The molecule has 0 amide bonds. The Morgan fingerprint density at radius 1 is 0.600 bits per heavy atom. The van der Waals surface area contributed by atoms with Crippen LogP contribution in [0.3, 0.4) is 0 Å². The largest absolute Gasteiger partial charge is 0.415 e. The summed E-state index contributed by atoms with van der Waals surface area (Å²) in [6, 6.07) is 34.2. The molecule has 0 N–H and O–H groups in total. The molecule has 0 fully saturated rings. The highest BCUT2D eigenvalue weighted by molar-refractivity contribution is 6.13. The standard InChI is InChI=1S/C41H19F3N6/c1-46-25-16-18-29-27-10-5-7-14-34(27)50(37(29)22-25)40-30(38-31(41(42,43)44)11-8-12-32(38)47-2)19-20-35(39(40)48-3)49-33-13-6-4-9-26(33)28-17-15-24(23-45)21-36(28)49/h4-22H. The molecule has 234 valence electrons. The van der Waals surface area contributed by atoms with Gasteiger partial charge in [-0.05, 0) is 42.0 Å². The summed E-state index contributed by atoms with van der Waals surface area (Å²) in [6.45, 7) is 24.3. The molecule has 0 saturated carbocycles. The first-order chi connectivity index (χ1) is 24.3. The minimum absolute atomic E-state index is 0.0243. The number of nitrogens with zero attached hydrogens (tertiary/aromatic N) is 6. The SMILES string of the molecule is [C-]#[N+]c1ccc2c3ccccc3n(-c3c(-c4c([N+]#[C-])cccc4C(F)(F)F)ccc(-n4c5ccccc5c5ccc(C#N)cc54)c3[N+]#[C-])c2c1. The molecule has 9 heteroatoms. The zero-order valence-electron chi connectivity index (χ0n) is 25.8. The highest BCUT2D eigenvalue weighted by Gasteiger charge is 2.36. The van der Waals surface area contributed by atoms with Gasteiger partial charge < -0.3 is 9.13 Å². The minimum atomic E-state index is -4.82. The Morgan fingerprint density at radius 2 is 1.24 bits per heavy atom. The summed E-state index contributed by atoms with van der Waals surface area (Å²) in [7, 11) is 0. The van der Waals surface area contributed by atoms with Gasteiger partial charge in [-0.15, -0.1) is 0 Å². The molecule has 0 aliphatic heterocycles. The van der Waals surface area contributed by atoms with Crippen molar-refractivity contribution in [2.24, 2.45) is 0 Å². The zero-order chi connectivity index (χ0) is 34.7. The van der Waals surface area contributed by atoms with E-state index >= 15 is 0 Å². The van der Waals surface area contributed by atoms with Gasteiger partial charge in [-0.2, -0.15) is 18.4 Å². The molecule has 0 aliphatic carbocycles. The second-order valence-electron chi connectivity index (χ2n) is 11.6. The number of fused-ring (bicyclic) bond motifs is 6. The number of rotatable bonds is 3. The topological polar surface area (TPSA) is 46.7 Å². The van der Waals surface area contributed by atoms with Crippen molar-refractivity contribution in [3.63, 3.8) is 0 Å². The fourth-order valence-corrected chi connectivity index (χ4v) is 7.01. The second-order valence-corrected chi connectivity index (χ2v) is 11.6. The Labute approximate surface area is 283 Å². The maximum atomic E-state index is 14.8. The van der Waals surface area contributed by atoms with Gasteiger partial charge >= 0.3 is 6.18 Å².